The number of thiazole rings is 1. The van der Waals surface area contributed by atoms with Crippen LogP contribution in [0.5, 0.6) is 11.5 Å². The van der Waals surface area contributed by atoms with Crippen LogP contribution in [0.3, 0.4) is 0 Å². The van der Waals surface area contributed by atoms with E-state index < -0.39 is 5.97 Å². The van der Waals surface area contributed by atoms with Crippen molar-refractivity contribution in [1.29, 1.82) is 0 Å². The Bertz CT molecular complexity index is 873. The molecule has 0 aliphatic rings. The summed E-state index contributed by atoms with van der Waals surface area (Å²) in [7, 11) is 1.56. The van der Waals surface area contributed by atoms with Gasteiger partial charge in [-0.1, -0.05) is 17.4 Å². The number of nitrogens with zero attached hydrogens (tertiary/aromatic N) is 1. The third kappa shape index (κ3) is 5.82. The number of benzene rings is 1. The van der Waals surface area contributed by atoms with Gasteiger partial charge in [0.2, 0.25) is 5.91 Å². The monoisotopic (exact) mass is 404 g/mol. The van der Waals surface area contributed by atoms with Crippen LogP contribution in [0.2, 0.25) is 0 Å². The van der Waals surface area contributed by atoms with Crippen LogP contribution in [0.1, 0.15) is 41.7 Å². The van der Waals surface area contributed by atoms with Crippen LogP contribution in [0.15, 0.2) is 24.3 Å². The van der Waals surface area contributed by atoms with Gasteiger partial charge in [0, 0.05) is 6.08 Å². The van der Waals surface area contributed by atoms with Gasteiger partial charge in [0.15, 0.2) is 16.6 Å². The molecule has 0 unspecified atom stereocenters. The molecule has 0 bridgehead atoms. The molecule has 7 nitrogen and oxygen atoms in total. The molecule has 0 atom stereocenters. The lowest BCUT2D eigenvalue weighted by atomic mass is 10.2. The van der Waals surface area contributed by atoms with E-state index >= 15 is 0 Å². The highest BCUT2D eigenvalue weighted by Gasteiger charge is 2.17. The number of carbonyl (C=O) groups excluding carboxylic acids is 2. The molecule has 0 spiro atoms. The maximum Gasteiger partial charge on any atom is 0.350 e. The highest BCUT2D eigenvalue weighted by molar-refractivity contribution is 7.17. The summed E-state index contributed by atoms with van der Waals surface area (Å²) in [6, 6.07) is 5.41. The molecule has 0 saturated heterocycles. The summed E-state index contributed by atoms with van der Waals surface area (Å²) in [4.78, 5) is 28.6. The molecule has 1 heterocycles. The van der Waals surface area contributed by atoms with E-state index in [1.165, 1.54) is 6.08 Å². The number of ether oxygens (including phenoxy) is 3. The van der Waals surface area contributed by atoms with Crippen LogP contribution in [0.4, 0.5) is 5.13 Å². The maximum atomic E-state index is 12.2. The molecule has 28 heavy (non-hydrogen) atoms. The van der Waals surface area contributed by atoms with Crippen LogP contribution in [-0.4, -0.2) is 36.7 Å². The van der Waals surface area contributed by atoms with Crippen LogP contribution in [-0.2, 0) is 9.53 Å². The Morgan fingerprint density at radius 1 is 1.29 bits per heavy atom. The van der Waals surface area contributed by atoms with Gasteiger partial charge in [0.1, 0.15) is 4.88 Å². The van der Waals surface area contributed by atoms with E-state index in [1.54, 1.807) is 39.2 Å². The van der Waals surface area contributed by atoms with Gasteiger partial charge in [-0.2, -0.15) is 0 Å². The van der Waals surface area contributed by atoms with Crippen molar-refractivity contribution in [2.45, 2.75) is 33.8 Å². The van der Waals surface area contributed by atoms with Gasteiger partial charge in [0.05, 0.1) is 25.5 Å². The van der Waals surface area contributed by atoms with Crippen molar-refractivity contribution in [3.8, 4) is 11.5 Å². The standard InChI is InChI=1S/C20H24N2O5S/c1-6-26-19(24)18-13(4)21-20(28-18)22-17(23)10-8-14-7-9-15(27-12(2)3)16(11-14)25-5/h7-12H,6H2,1-5H3,(H,21,22,23)/b10-8+. The first-order chi connectivity index (χ1) is 13.3. The zero-order chi connectivity index (χ0) is 20.7. The molecule has 2 aromatic rings. The highest BCUT2D eigenvalue weighted by atomic mass is 32.1. The number of nitrogens with one attached hydrogen (secondary N) is 1. The van der Waals surface area contributed by atoms with Crippen molar-refractivity contribution >= 4 is 34.4 Å². The van der Waals surface area contributed by atoms with Crippen LogP contribution >= 0.6 is 11.3 Å². The summed E-state index contributed by atoms with van der Waals surface area (Å²) in [5, 5.41) is 3.00. The van der Waals surface area contributed by atoms with Crippen molar-refractivity contribution in [3.63, 3.8) is 0 Å². The van der Waals surface area contributed by atoms with E-state index in [4.69, 9.17) is 14.2 Å². The maximum absolute atomic E-state index is 12.2. The van der Waals surface area contributed by atoms with E-state index in [0.717, 1.165) is 16.9 Å². The lowest BCUT2D eigenvalue weighted by molar-refractivity contribution is -0.111. The van der Waals surface area contributed by atoms with Crippen molar-refractivity contribution in [3.05, 3.63) is 40.4 Å². The minimum atomic E-state index is -0.440. The molecule has 8 heteroatoms. The number of rotatable bonds is 8. The Hall–Kier alpha value is -2.87. The van der Waals surface area contributed by atoms with Crippen LogP contribution in [0, 0.1) is 6.92 Å². The zero-order valence-corrected chi connectivity index (χ0v) is 17.4. The third-order valence-electron chi connectivity index (χ3n) is 3.47. The van der Waals surface area contributed by atoms with Gasteiger partial charge < -0.3 is 14.2 Å². The van der Waals surface area contributed by atoms with E-state index in [-0.39, 0.29) is 18.6 Å². The molecule has 0 aliphatic carbocycles. The molecule has 1 aromatic carbocycles. The average Bonchev–Trinajstić information content (AvgIpc) is 3.00. The zero-order valence-electron chi connectivity index (χ0n) is 16.6. The van der Waals surface area contributed by atoms with Gasteiger partial charge in [-0.15, -0.1) is 0 Å². The highest BCUT2D eigenvalue weighted by Crippen LogP contribution is 2.29. The smallest absolute Gasteiger partial charge is 0.350 e. The van der Waals surface area contributed by atoms with Gasteiger partial charge in [-0.05, 0) is 51.5 Å². The molecule has 1 aromatic heterocycles. The summed E-state index contributed by atoms with van der Waals surface area (Å²) in [5.74, 6) is 0.435. The molecule has 0 fully saturated rings. The van der Waals surface area contributed by atoms with E-state index in [0.29, 0.717) is 27.2 Å². The quantitative estimate of drug-likeness (QED) is 0.527. The summed E-state index contributed by atoms with van der Waals surface area (Å²) in [5.41, 5.74) is 1.30. The first-order valence-corrected chi connectivity index (χ1v) is 9.64. The number of aromatic nitrogens is 1. The number of amides is 1. The second-order valence-electron chi connectivity index (χ2n) is 6.05. The summed E-state index contributed by atoms with van der Waals surface area (Å²) >= 11 is 1.08. The molecule has 1 N–H and O–H groups in total. The Morgan fingerprint density at radius 2 is 2.04 bits per heavy atom. The minimum Gasteiger partial charge on any atom is -0.493 e. The molecular formula is C20H24N2O5S. The van der Waals surface area contributed by atoms with Crippen molar-refractivity contribution in [2.75, 3.05) is 19.0 Å². The van der Waals surface area contributed by atoms with Crippen molar-refractivity contribution in [1.82, 2.24) is 4.98 Å². The minimum absolute atomic E-state index is 0.0299. The second kappa shape index (κ2) is 9.89. The fraction of sp³-hybridized carbons (Fsp3) is 0.350. The Balaban J connectivity index is 2.06. The molecule has 2 rings (SSSR count). The predicted molar refractivity (Wildman–Crippen MR) is 109 cm³/mol. The van der Waals surface area contributed by atoms with Crippen molar-refractivity contribution < 1.29 is 23.8 Å². The number of methoxy groups -OCH3 is 1. The number of hydrogen-bond acceptors (Lipinski definition) is 7. The largest absolute Gasteiger partial charge is 0.493 e. The lowest BCUT2D eigenvalue weighted by Crippen LogP contribution is -2.07. The summed E-state index contributed by atoms with van der Waals surface area (Å²) in [6.07, 6.45) is 3.07. The molecular weight excluding hydrogens is 380 g/mol. The van der Waals surface area contributed by atoms with Crippen molar-refractivity contribution in [2.24, 2.45) is 0 Å². The van der Waals surface area contributed by atoms with Gasteiger partial charge in [-0.3, -0.25) is 10.1 Å². The number of hydrogen-bond donors (Lipinski definition) is 1. The van der Waals surface area contributed by atoms with Gasteiger partial charge in [-0.25, -0.2) is 9.78 Å². The Labute approximate surface area is 168 Å². The van der Waals surface area contributed by atoms with Crippen LogP contribution in [0.25, 0.3) is 6.08 Å². The lowest BCUT2D eigenvalue weighted by Gasteiger charge is -2.13. The Morgan fingerprint density at radius 3 is 2.68 bits per heavy atom. The summed E-state index contributed by atoms with van der Waals surface area (Å²) < 4.78 is 16.0. The molecule has 0 aliphatic heterocycles. The predicted octanol–water partition coefficient (Wildman–Crippen LogP) is 4.08. The average molecular weight is 404 g/mol. The number of esters is 1. The summed E-state index contributed by atoms with van der Waals surface area (Å²) in [6.45, 7) is 7.58. The molecule has 150 valence electrons. The fourth-order valence-electron chi connectivity index (χ4n) is 2.29. The molecule has 0 radical (unpaired) electrons. The third-order valence-corrected chi connectivity index (χ3v) is 4.52. The first kappa shape index (κ1) is 21.4. The molecule has 1 amide bonds. The second-order valence-corrected chi connectivity index (χ2v) is 7.05. The SMILES string of the molecule is CCOC(=O)c1sc(NC(=O)/C=C/c2ccc(OC(C)C)c(OC)c2)nc1C. The fourth-order valence-corrected chi connectivity index (χ4v) is 3.16. The topological polar surface area (TPSA) is 86.8 Å². The normalized spacial score (nSPS) is 10.9. The molecule has 0 saturated carbocycles. The number of anilines is 1. The van der Waals surface area contributed by atoms with E-state index in [1.807, 2.05) is 19.9 Å². The van der Waals surface area contributed by atoms with E-state index in [2.05, 4.69) is 10.3 Å². The van der Waals surface area contributed by atoms with Gasteiger partial charge in [0.25, 0.3) is 0 Å². The number of aryl methyl sites for hydroxylation is 1. The van der Waals surface area contributed by atoms with E-state index in [9.17, 15) is 9.59 Å². The first-order valence-electron chi connectivity index (χ1n) is 8.82. The van der Waals surface area contributed by atoms with Crippen LogP contribution < -0.4 is 14.8 Å². The number of carbonyl (C=O) groups is 2. The Kier molecular flexibility index (Phi) is 7.57. The van der Waals surface area contributed by atoms with Gasteiger partial charge >= 0.3 is 5.97 Å².